The Labute approximate surface area is 191 Å². The van der Waals surface area contributed by atoms with Crippen LogP contribution in [0.25, 0.3) is 5.70 Å². The Morgan fingerprint density at radius 3 is 2.90 bits per heavy atom. The molecule has 6 nitrogen and oxygen atoms in total. The van der Waals surface area contributed by atoms with Crippen molar-refractivity contribution in [2.24, 2.45) is 0 Å². The van der Waals surface area contributed by atoms with Crippen molar-refractivity contribution < 1.29 is 9.47 Å². The van der Waals surface area contributed by atoms with Gasteiger partial charge in [0.2, 0.25) is 5.95 Å². The summed E-state index contributed by atoms with van der Waals surface area (Å²) in [5.74, 6) is 2.31. The topological polar surface area (TPSA) is 61.2 Å². The molecule has 0 aliphatic carbocycles. The number of nitrogens with one attached hydrogen (secondary N) is 1. The third-order valence-electron chi connectivity index (χ3n) is 5.61. The molecule has 154 valence electrons. The van der Waals surface area contributed by atoms with Gasteiger partial charge in [0, 0.05) is 26.0 Å². The standard InChI is InChI=1S/C23H17BrN4O2S/c1-29-16-9-8-13(24)11-15(16)22-19-20(14-5-2-3-6-17(14)30-22)27-23-25-12-26-28(23)21(19)18-7-4-10-31-18/h2-12,21-22H,1H3,(H,25,26,27)/t21-,22+/m1/s1. The van der Waals surface area contributed by atoms with Gasteiger partial charge in [0.15, 0.2) is 6.10 Å². The van der Waals surface area contributed by atoms with E-state index >= 15 is 0 Å². The van der Waals surface area contributed by atoms with Gasteiger partial charge in [0.05, 0.1) is 12.8 Å². The first-order valence-electron chi connectivity index (χ1n) is 9.78. The summed E-state index contributed by atoms with van der Waals surface area (Å²) in [5.41, 5.74) is 4.05. The number of aromatic nitrogens is 3. The molecule has 0 saturated carbocycles. The molecule has 8 heteroatoms. The van der Waals surface area contributed by atoms with Gasteiger partial charge in [0.1, 0.15) is 23.9 Å². The van der Waals surface area contributed by atoms with Crippen molar-refractivity contribution in [3.63, 3.8) is 0 Å². The summed E-state index contributed by atoms with van der Waals surface area (Å²) in [6.07, 6.45) is 1.22. The van der Waals surface area contributed by atoms with Crippen LogP contribution in [0.15, 0.2) is 76.4 Å². The van der Waals surface area contributed by atoms with E-state index < -0.39 is 0 Å². The van der Waals surface area contributed by atoms with Crippen LogP contribution in [0.5, 0.6) is 11.5 Å². The van der Waals surface area contributed by atoms with Gasteiger partial charge in [-0.2, -0.15) is 10.1 Å². The quantitative estimate of drug-likeness (QED) is 0.399. The van der Waals surface area contributed by atoms with Gasteiger partial charge in [-0.05, 0) is 41.8 Å². The first-order chi connectivity index (χ1) is 15.2. The molecule has 2 aromatic carbocycles. The van der Waals surface area contributed by atoms with E-state index in [0.29, 0.717) is 5.95 Å². The highest BCUT2D eigenvalue weighted by molar-refractivity contribution is 9.10. The molecule has 1 N–H and O–H groups in total. The lowest BCUT2D eigenvalue weighted by atomic mass is 9.86. The molecular formula is C23H17BrN4O2S. The van der Waals surface area contributed by atoms with Gasteiger partial charge in [-0.3, -0.25) is 0 Å². The number of nitrogens with zero attached hydrogens (tertiary/aromatic N) is 3. The molecule has 0 unspecified atom stereocenters. The highest BCUT2D eigenvalue weighted by atomic mass is 79.9. The Morgan fingerprint density at radius 1 is 1.16 bits per heavy atom. The molecule has 2 atom stereocenters. The van der Waals surface area contributed by atoms with Crippen molar-refractivity contribution in [2.45, 2.75) is 12.1 Å². The van der Waals surface area contributed by atoms with Gasteiger partial charge in [-0.15, -0.1) is 11.3 Å². The summed E-state index contributed by atoms with van der Waals surface area (Å²) in [6.45, 7) is 0. The average Bonchev–Trinajstić information content (AvgIpc) is 3.49. The van der Waals surface area contributed by atoms with Gasteiger partial charge in [0.25, 0.3) is 0 Å². The number of hydrogen-bond acceptors (Lipinski definition) is 6. The zero-order valence-electron chi connectivity index (χ0n) is 16.4. The number of hydrogen-bond donors (Lipinski definition) is 1. The minimum absolute atomic E-state index is 0.143. The zero-order valence-corrected chi connectivity index (χ0v) is 18.9. The molecule has 31 heavy (non-hydrogen) atoms. The van der Waals surface area contributed by atoms with Crippen LogP contribution >= 0.6 is 27.3 Å². The summed E-state index contributed by atoms with van der Waals surface area (Å²) in [7, 11) is 1.68. The van der Waals surface area contributed by atoms with Crippen LogP contribution in [-0.2, 0) is 0 Å². The Hall–Kier alpha value is -3.10. The minimum Gasteiger partial charge on any atom is -0.496 e. The van der Waals surface area contributed by atoms with E-state index in [1.165, 1.54) is 4.88 Å². The second kappa shape index (κ2) is 7.25. The van der Waals surface area contributed by atoms with Crippen molar-refractivity contribution >= 4 is 38.9 Å². The summed E-state index contributed by atoms with van der Waals surface area (Å²) in [5, 5.41) is 10.2. The van der Waals surface area contributed by atoms with E-state index in [9.17, 15) is 0 Å². The fraction of sp³-hybridized carbons (Fsp3) is 0.130. The maximum Gasteiger partial charge on any atom is 0.226 e. The summed E-state index contributed by atoms with van der Waals surface area (Å²) in [4.78, 5) is 5.63. The predicted octanol–water partition coefficient (Wildman–Crippen LogP) is 5.67. The lowest BCUT2D eigenvalue weighted by molar-refractivity contribution is 0.218. The van der Waals surface area contributed by atoms with Crippen LogP contribution in [-0.4, -0.2) is 21.9 Å². The van der Waals surface area contributed by atoms with E-state index in [1.54, 1.807) is 24.8 Å². The van der Waals surface area contributed by atoms with Crippen LogP contribution in [0.1, 0.15) is 28.1 Å². The van der Waals surface area contributed by atoms with Crippen LogP contribution in [0, 0.1) is 0 Å². The lowest BCUT2D eigenvalue weighted by Crippen LogP contribution is -2.32. The molecule has 0 spiro atoms. The third-order valence-corrected chi connectivity index (χ3v) is 7.03. The normalized spacial score (nSPS) is 19.0. The Balaban J connectivity index is 1.65. The molecule has 0 saturated heterocycles. The molecule has 6 rings (SSSR count). The smallest absolute Gasteiger partial charge is 0.226 e. The number of rotatable bonds is 3. The summed E-state index contributed by atoms with van der Waals surface area (Å²) in [6, 6.07) is 18.1. The van der Waals surface area contributed by atoms with Gasteiger partial charge < -0.3 is 14.8 Å². The number of thiophene rings is 1. The first-order valence-corrected chi connectivity index (χ1v) is 11.5. The number of halogens is 1. The third kappa shape index (κ3) is 2.90. The van der Waals surface area contributed by atoms with Crippen molar-refractivity contribution in [1.29, 1.82) is 0 Å². The summed E-state index contributed by atoms with van der Waals surface area (Å²) < 4.78 is 15.3. The lowest BCUT2D eigenvalue weighted by Gasteiger charge is -2.38. The number of anilines is 1. The second-order valence-corrected chi connectivity index (χ2v) is 9.18. The number of para-hydroxylation sites is 1. The Bertz CT molecular complexity index is 1310. The van der Waals surface area contributed by atoms with Crippen molar-refractivity contribution in [3.05, 3.63) is 92.4 Å². The van der Waals surface area contributed by atoms with E-state index in [-0.39, 0.29) is 12.1 Å². The minimum atomic E-state index is -0.366. The Morgan fingerprint density at radius 2 is 2.06 bits per heavy atom. The van der Waals surface area contributed by atoms with Crippen LogP contribution in [0.2, 0.25) is 0 Å². The van der Waals surface area contributed by atoms with E-state index in [1.807, 2.05) is 35.0 Å². The molecule has 2 aliphatic rings. The zero-order chi connectivity index (χ0) is 20.9. The van der Waals surface area contributed by atoms with Crippen molar-refractivity contribution in [3.8, 4) is 11.5 Å². The number of benzene rings is 2. The van der Waals surface area contributed by atoms with Crippen molar-refractivity contribution in [1.82, 2.24) is 14.8 Å². The van der Waals surface area contributed by atoms with E-state index in [2.05, 4.69) is 61.0 Å². The van der Waals surface area contributed by atoms with Crippen LogP contribution in [0.3, 0.4) is 0 Å². The number of ether oxygens (including phenoxy) is 2. The monoisotopic (exact) mass is 492 g/mol. The molecule has 2 aliphatic heterocycles. The SMILES string of the molecule is COc1ccc(Br)cc1[C@@H]1Oc2ccccc2C2=C1[C@@H](c1cccs1)n1ncnc1N2. The Kier molecular flexibility index (Phi) is 4.36. The van der Waals surface area contributed by atoms with Gasteiger partial charge in [-0.25, -0.2) is 4.68 Å². The maximum atomic E-state index is 6.65. The maximum absolute atomic E-state index is 6.65. The average molecular weight is 493 g/mol. The number of fused-ring (bicyclic) bond motifs is 3. The molecule has 0 amide bonds. The number of methoxy groups -OCH3 is 1. The second-order valence-electron chi connectivity index (χ2n) is 7.28. The molecule has 0 radical (unpaired) electrons. The fourth-order valence-electron chi connectivity index (χ4n) is 4.31. The van der Waals surface area contributed by atoms with E-state index in [0.717, 1.165) is 38.4 Å². The summed E-state index contributed by atoms with van der Waals surface area (Å²) >= 11 is 5.31. The van der Waals surface area contributed by atoms with Crippen LogP contribution in [0.4, 0.5) is 5.95 Å². The molecule has 2 aromatic heterocycles. The molecule has 4 aromatic rings. The molecule has 4 heterocycles. The predicted molar refractivity (Wildman–Crippen MR) is 124 cm³/mol. The highest BCUT2D eigenvalue weighted by Crippen LogP contribution is 2.52. The molecule has 0 bridgehead atoms. The fourth-order valence-corrected chi connectivity index (χ4v) is 5.51. The molecule has 0 fully saturated rings. The highest BCUT2D eigenvalue weighted by Gasteiger charge is 2.42. The van der Waals surface area contributed by atoms with Crippen LogP contribution < -0.4 is 14.8 Å². The first kappa shape index (κ1) is 18.7. The van der Waals surface area contributed by atoms with Crippen molar-refractivity contribution in [2.75, 3.05) is 12.4 Å². The van der Waals surface area contributed by atoms with E-state index in [4.69, 9.17) is 9.47 Å². The van der Waals surface area contributed by atoms with Gasteiger partial charge in [-0.1, -0.05) is 34.1 Å². The van der Waals surface area contributed by atoms with Gasteiger partial charge >= 0.3 is 0 Å². The molecular weight excluding hydrogens is 476 g/mol. The largest absolute Gasteiger partial charge is 0.496 e.